The van der Waals surface area contributed by atoms with Crippen molar-refractivity contribution in [3.8, 4) is 0 Å². The fraction of sp³-hybridized carbons (Fsp3) is 0.500. The Kier molecular flexibility index (Phi) is 4.15. The van der Waals surface area contributed by atoms with Crippen molar-refractivity contribution in [2.75, 3.05) is 6.54 Å². The summed E-state index contributed by atoms with van der Waals surface area (Å²) in [6.07, 6.45) is 3.18. The number of hydrogen-bond acceptors (Lipinski definition) is 3. The molecular formula is C14H20N2O. The van der Waals surface area contributed by atoms with E-state index in [0.29, 0.717) is 6.04 Å². The van der Waals surface area contributed by atoms with Gasteiger partial charge in [0.2, 0.25) is 0 Å². The summed E-state index contributed by atoms with van der Waals surface area (Å²) in [5, 5.41) is 12.5. The molecule has 1 aromatic rings. The van der Waals surface area contributed by atoms with Crippen molar-refractivity contribution in [1.29, 1.82) is 0 Å². The number of oxime groups is 1. The Hall–Kier alpha value is -1.35. The van der Waals surface area contributed by atoms with Crippen LogP contribution in [-0.4, -0.2) is 28.4 Å². The van der Waals surface area contributed by atoms with E-state index < -0.39 is 0 Å². The molecule has 0 saturated heterocycles. The maximum atomic E-state index is 9.01. The Labute approximate surface area is 103 Å². The van der Waals surface area contributed by atoms with Crippen LogP contribution < -0.4 is 0 Å². The Morgan fingerprint density at radius 2 is 2.12 bits per heavy atom. The minimum Gasteiger partial charge on any atom is -0.411 e. The van der Waals surface area contributed by atoms with Crippen LogP contribution in [0.5, 0.6) is 0 Å². The lowest BCUT2D eigenvalue weighted by Crippen LogP contribution is -2.37. The van der Waals surface area contributed by atoms with Gasteiger partial charge in [-0.3, -0.25) is 4.90 Å². The van der Waals surface area contributed by atoms with E-state index in [1.807, 2.05) is 6.07 Å². The predicted octanol–water partition coefficient (Wildman–Crippen LogP) is 2.89. The molecule has 2 rings (SSSR count). The van der Waals surface area contributed by atoms with Crippen molar-refractivity contribution in [2.45, 2.75) is 38.8 Å². The van der Waals surface area contributed by atoms with Crippen molar-refractivity contribution < 1.29 is 5.21 Å². The van der Waals surface area contributed by atoms with Crippen LogP contribution in [0.3, 0.4) is 0 Å². The van der Waals surface area contributed by atoms with E-state index in [1.54, 1.807) is 0 Å². The number of hydrogen-bond donors (Lipinski definition) is 1. The molecule has 0 radical (unpaired) electrons. The van der Waals surface area contributed by atoms with Crippen molar-refractivity contribution in [2.24, 2.45) is 5.16 Å². The van der Waals surface area contributed by atoms with Gasteiger partial charge in [0.05, 0.1) is 11.8 Å². The Bertz CT molecular complexity index is 375. The highest BCUT2D eigenvalue weighted by molar-refractivity contribution is 5.90. The van der Waals surface area contributed by atoms with E-state index in [-0.39, 0.29) is 0 Å². The van der Waals surface area contributed by atoms with Crippen molar-refractivity contribution in [3.63, 3.8) is 0 Å². The predicted molar refractivity (Wildman–Crippen MR) is 69.4 cm³/mol. The van der Waals surface area contributed by atoms with E-state index in [9.17, 15) is 0 Å². The summed E-state index contributed by atoms with van der Waals surface area (Å²) in [7, 11) is 0. The van der Waals surface area contributed by atoms with Crippen molar-refractivity contribution in [1.82, 2.24) is 4.90 Å². The van der Waals surface area contributed by atoms with Gasteiger partial charge >= 0.3 is 0 Å². The van der Waals surface area contributed by atoms with Gasteiger partial charge in [0, 0.05) is 6.54 Å². The van der Waals surface area contributed by atoms with Crippen LogP contribution in [0, 0.1) is 0 Å². The number of nitrogens with zero attached hydrogens (tertiary/aromatic N) is 2. The lowest BCUT2D eigenvalue weighted by Gasteiger charge is -2.27. The van der Waals surface area contributed by atoms with Gasteiger partial charge in [0.1, 0.15) is 0 Å². The van der Waals surface area contributed by atoms with Crippen molar-refractivity contribution in [3.05, 3.63) is 35.9 Å². The lowest BCUT2D eigenvalue weighted by atomic mass is 10.1. The maximum absolute atomic E-state index is 9.01. The maximum Gasteiger partial charge on any atom is 0.0742 e. The molecule has 17 heavy (non-hydrogen) atoms. The molecule has 0 amide bonds. The summed E-state index contributed by atoms with van der Waals surface area (Å²) < 4.78 is 0. The van der Waals surface area contributed by atoms with Gasteiger partial charge in [-0.05, 0) is 31.4 Å². The molecule has 0 spiro atoms. The second kappa shape index (κ2) is 5.82. The topological polar surface area (TPSA) is 35.8 Å². The standard InChI is InChI=1S/C14H20N2O/c1-2-16(11-12-7-4-3-5-8-12)14-10-6-9-13(14)15-17/h3-5,7-8,14,17H,2,6,9-11H2,1H3. The second-order valence-corrected chi connectivity index (χ2v) is 4.55. The molecule has 1 N–H and O–H groups in total. The third-order valence-corrected chi connectivity index (χ3v) is 3.50. The number of benzene rings is 1. The third kappa shape index (κ3) is 2.86. The van der Waals surface area contributed by atoms with Gasteiger partial charge in [0.15, 0.2) is 0 Å². The molecule has 1 fully saturated rings. The SMILES string of the molecule is CCN(Cc1ccccc1)C1CCCC1=NO. The summed E-state index contributed by atoms with van der Waals surface area (Å²) in [5.74, 6) is 0. The molecule has 92 valence electrons. The molecule has 1 saturated carbocycles. The summed E-state index contributed by atoms with van der Waals surface area (Å²) >= 11 is 0. The van der Waals surface area contributed by atoms with Gasteiger partial charge in [-0.2, -0.15) is 0 Å². The first-order chi connectivity index (χ1) is 8.35. The van der Waals surface area contributed by atoms with Crippen LogP contribution >= 0.6 is 0 Å². The molecule has 1 unspecified atom stereocenters. The molecule has 1 aliphatic rings. The minimum absolute atomic E-state index is 0.324. The van der Waals surface area contributed by atoms with Gasteiger partial charge < -0.3 is 5.21 Å². The zero-order chi connectivity index (χ0) is 12.1. The van der Waals surface area contributed by atoms with E-state index >= 15 is 0 Å². The molecule has 0 heterocycles. The molecule has 1 aromatic carbocycles. The first kappa shape index (κ1) is 12.1. The zero-order valence-corrected chi connectivity index (χ0v) is 10.3. The average molecular weight is 232 g/mol. The fourth-order valence-electron chi connectivity index (χ4n) is 2.58. The molecule has 0 bridgehead atoms. The lowest BCUT2D eigenvalue weighted by molar-refractivity contribution is 0.236. The van der Waals surface area contributed by atoms with E-state index in [0.717, 1.165) is 38.1 Å². The summed E-state index contributed by atoms with van der Waals surface area (Å²) in [6.45, 7) is 4.08. The Morgan fingerprint density at radius 3 is 2.76 bits per heavy atom. The Balaban J connectivity index is 2.06. The van der Waals surface area contributed by atoms with E-state index in [4.69, 9.17) is 5.21 Å². The van der Waals surface area contributed by atoms with Crippen LogP contribution in [0.1, 0.15) is 31.7 Å². The first-order valence-electron chi connectivity index (χ1n) is 6.34. The second-order valence-electron chi connectivity index (χ2n) is 4.55. The van der Waals surface area contributed by atoms with Crippen molar-refractivity contribution >= 4 is 5.71 Å². The molecule has 1 aliphatic carbocycles. The fourth-order valence-corrected chi connectivity index (χ4v) is 2.58. The third-order valence-electron chi connectivity index (χ3n) is 3.50. The monoisotopic (exact) mass is 232 g/mol. The van der Waals surface area contributed by atoms with Crippen LogP contribution in [0.25, 0.3) is 0 Å². The van der Waals surface area contributed by atoms with E-state index in [2.05, 4.69) is 41.2 Å². The van der Waals surface area contributed by atoms with Crippen LogP contribution in [0.4, 0.5) is 0 Å². The average Bonchev–Trinajstić information content (AvgIpc) is 2.85. The van der Waals surface area contributed by atoms with Gasteiger partial charge in [-0.1, -0.05) is 42.4 Å². The zero-order valence-electron chi connectivity index (χ0n) is 10.3. The highest BCUT2D eigenvalue weighted by Gasteiger charge is 2.28. The van der Waals surface area contributed by atoms with Crippen LogP contribution in [0.15, 0.2) is 35.5 Å². The molecule has 3 heteroatoms. The Morgan fingerprint density at radius 1 is 1.35 bits per heavy atom. The highest BCUT2D eigenvalue weighted by Crippen LogP contribution is 2.23. The van der Waals surface area contributed by atoms with Gasteiger partial charge in [0.25, 0.3) is 0 Å². The molecule has 3 nitrogen and oxygen atoms in total. The minimum atomic E-state index is 0.324. The normalized spacial score (nSPS) is 22.5. The highest BCUT2D eigenvalue weighted by atomic mass is 16.4. The van der Waals surface area contributed by atoms with E-state index in [1.165, 1.54) is 5.56 Å². The van der Waals surface area contributed by atoms with Gasteiger partial charge in [-0.15, -0.1) is 0 Å². The first-order valence-corrected chi connectivity index (χ1v) is 6.34. The van der Waals surface area contributed by atoms with Gasteiger partial charge in [-0.25, -0.2) is 0 Å². The smallest absolute Gasteiger partial charge is 0.0742 e. The summed E-state index contributed by atoms with van der Waals surface area (Å²) in [4.78, 5) is 2.39. The molecule has 0 aromatic heterocycles. The van der Waals surface area contributed by atoms with Crippen LogP contribution in [0.2, 0.25) is 0 Å². The number of rotatable bonds is 4. The van der Waals surface area contributed by atoms with Crippen LogP contribution in [-0.2, 0) is 6.54 Å². The molecular weight excluding hydrogens is 212 g/mol. The largest absolute Gasteiger partial charge is 0.411 e. The summed E-state index contributed by atoms with van der Waals surface area (Å²) in [6, 6.07) is 10.8. The molecule has 1 atom stereocenters. The quantitative estimate of drug-likeness (QED) is 0.640. The molecule has 0 aliphatic heterocycles. The summed E-state index contributed by atoms with van der Waals surface area (Å²) in [5.41, 5.74) is 2.27.